The van der Waals surface area contributed by atoms with E-state index in [0.717, 1.165) is 6.54 Å². The van der Waals surface area contributed by atoms with Crippen LogP contribution in [0.5, 0.6) is 5.75 Å². The fourth-order valence-electron chi connectivity index (χ4n) is 1.86. The fraction of sp³-hybridized carbons (Fsp3) is 0.500. The number of carbonyl (C=O) groups is 1. The molecule has 1 atom stereocenters. The summed E-state index contributed by atoms with van der Waals surface area (Å²) in [5.74, 6) is 0.550. The van der Waals surface area contributed by atoms with Gasteiger partial charge >= 0.3 is 0 Å². The molecule has 0 aliphatic carbocycles. The Balaban J connectivity index is 1.88. The number of methoxy groups -OCH3 is 1. The summed E-state index contributed by atoms with van der Waals surface area (Å²) in [6.07, 6.45) is -0.443. The molecule has 0 bridgehead atoms. The number of ether oxygens (including phenoxy) is 3. The van der Waals surface area contributed by atoms with Crippen molar-refractivity contribution in [1.82, 2.24) is 5.32 Å². The number of rotatable bonds is 6. The number of hydrogen-bond acceptors (Lipinski definition) is 5. The maximum atomic E-state index is 12.0. The summed E-state index contributed by atoms with van der Waals surface area (Å²) in [7, 11) is 1.62. The van der Waals surface area contributed by atoms with E-state index in [1.54, 1.807) is 13.2 Å². The van der Waals surface area contributed by atoms with Crippen molar-refractivity contribution < 1.29 is 19.0 Å². The third kappa shape index (κ3) is 4.48. The van der Waals surface area contributed by atoms with Crippen LogP contribution in [0.15, 0.2) is 24.3 Å². The largest absolute Gasteiger partial charge is 0.491 e. The van der Waals surface area contributed by atoms with Gasteiger partial charge in [-0.1, -0.05) is 6.07 Å². The van der Waals surface area contributed by atoms with Crippen LogP contribution in [-0.2, 0) is 14.3 Å². The third-order valence-corrected chi connectivity index (χ3v) is 2.88. The van der Waals surface area contributed by atoms with Crippen LogP contribution in [0, 0.1) is 0 Å². The van der Waals surface area contributed by atoms with Gasteiger partial charge in [-0.05, 0) is 12.1 Å². The SMILES string of the molecule is COCCOc1cccc(NC(=O)C2CNCCO2)c1. The lowest BCUT2D eigenvalue weighted by atomic mass is 10.2. The van der Waals surface area contributed by atoms with Crippen molar-refractivity contribution in [2.75, 3.05) is 45.3 Å². The molecule has 1 saturated heterocycles. The van der Waals surface area contributed by atoms with Crippen molar-refractivity contribution in [3.8, 4) is 5.75 Å². The first-order valence-electron chi connectivity index (χ1n) is 6.64. The second kappa shape index (κ2) is 7.84. The first-order chi connectivity index (χ1) is 9.79. The molecule has 0 saturated carbocycles. The molecule has 0 aromatic heterocycles. The molecule has 0 radical (unpaired) electrons. The Hall–Kier alpha value is -1.63. The third-order valence-electron chi connectivity index (χ3n) is 2.88. The van der Waals surface area contributed by atoms with Gasteiger partial charge in [0.2, 0.25) is 0 Å². The van der Waals surface area contributed by atoms with Crippen molar-refractivity contribution >= 4 is 11.6 Å². The summed E-state index contributed by atoms with van der Waals surface area (Å²) >= 11 is 0. The highest BCUT2D eigenvalue weighted by molar-refractivity contribution is 5.94. The molecule has 1 aromatic carbocycles. The molecule has 1 aliphatic heterocycles. The summed E-state index contributed by atoms with van der Waals surface area (Å²) < 4.78 is 15.8. The highest BCUT2D eigenvalue weighted by Crippen LogP contribution is 2.17. The van der Waals surface area contributed by atoms with Gasteiger partial charge in [-0.2, -0.15) is 0 Å². The van der Waals surface area contributed by atoms with Gasteiger partial charge in [0.1, 0.15) is 18.5 Å². The van der Waals surface area contributed by atoms with E-state index in [1.165, 1.54) is 0 Å². The van der Waals surface area contributed by atoms with Crippen molar-refractivity contribution in [3.63, 3.8) is 0 Å². The predicted molar refractivity (Wildman–Crippen MR) is 75.1 cm³/mol. The fourth-order valence-corrected chi connectivity index (χ4v) is 1.86. The van der Waals surface area contributed by atoms with Crippen LogP contribution < -0.4 is 15.4 Å². The molecule has 1 fully saturated rings. The number of benzene rings is 1. The number of nitrogens with one attached hydrogen (secondary N) is 2. The van der Waals surface area contributed by atoms with Crippen molar-refractivity contribution in [3.05, 3.63) is 24.3 Å². The number of carbonyl (C=O) groups excluding carboxylic acids is 1. The zero-order valence-electron chi connectivity index (χ0n) is 11.6. The second-order valence-corrected chi connectivity index (χ2v) is 4.42. The topological polar surface area (TPSA) is 68.8 Å². The van der Waals surface area contributed by atoms with E-state index in [1.807, 2.05) is 18.2 Å². The van der Waals surface area contributed by atoms with Gasteiger partial charge in [0.15, 0.2) is 0 Å². The lowest BCUT2D eigenvalue weighted by Gasteiger charge is -2.22. The van der Waals surface area contributed by atoms with Gasteiger partial charge in [-0.15, -0.1) is 0 Å². The van der Waals surface area contributed by atoms with Gasteiger partial charge in [-0.25, -0.2) is 0 Å². The first kappa shape index (κ1) is 14.8. The molecule has 6 nitrogen and oxygen atoms in total. The minimum Gasteiger partial charge on any atom is -0.491 e. The molecule has 1 aliphatic rings. The molecule has 1 heterocycles. The van der Waals surface area contributed by atoms with Crippen LogP contribution in [0.2, 0.25) is 0 Å². The average molecular weight is 280 g/mol. The average Bonchev–Trinajstić information content (AvgIpc) is 2.49. The van der Waals surface area contributed by atoms with E-state index >= 15 is 0 Å². The van der Waals surface area contributed by atoms with Crippen LogP contribution >= 0.6 is 0 Å². The summed E-state index contributed by atoms with van der Waals surface area (Å²) in [4.78, 5) is 12.0. The minimum atomic E-state index is -0.443. The molecule has 0 spiro atoms. The summed E-state index contributed by atoms with van der Waals surface area (Å²) in [6.45, 7) is 2.88. The van der Waals surface area contributed by atoms with E-state index in [4.69, 9.17) is 14.2 Å². The number of amides is 1. The van der Waals surface area contributed by atoms with Crippen LogP contribution in [0.25, 0.3) is 0 Å². The Bertz CT molecular complexity index is 433. The molecular weight excluding hydrogens is 260 g/mol. The van der Waals surface area contributed by atoms with Crippen LogP contribution in [0.4, 0.5) is 5.69 Å². The van der Waals surface area contributed by atoms with Crippen molar-refractivity contribution in [2.45, 2.75) is 6.10 Å². The molecule has 110 valence electrons. The minimum absolute atomic E-state index is 0.147. The Morgan fingerprint density at radius 2 is 2.40 bits per heavy atom. The summed E-state index contributed by atoms with van der Waals surface area (Å²) in [6, 6.07) is 7.27. The zero-order valence-corrected chi connectivity index (χ0v) is 11.6. The Labute approximate surface area is 118 Å². The van der Waals surface area contributed by atoms with E-state index in [0.29, 0.717) is 37.8 Å². The summed E-state index contributed by atoms with van der Waals surface area (Å²) in [5, 5.41) is 5.95. The number of morpholine rings is 1. The van der Waals surface area contributed by atoms with Crippen molar-refractivity contribution in [1.29, 1.82) is 0 Å². The smallest absolute Gasteiger partial charge is 0.254 e. The normalized spacial score (nSPS) is 18.6. The Kier molecular flexibility index (Phi) is 5.79. The van der Waals surface area contributed by atoms with E-state index < -0.39 is 6.10 Å². The molecule has 1 aromatic rings. The lowest BCUT2D eigenvalue weighted by Crippen LogP contribution is -2.45. The van der Waals surface area contributed by atoms with Crippen LogP contribution in [0.3, 0.4) is 0 Å². The van der Waals surface area contributed by atoms with Gasteiger partial charge in [0.25, 0.3) is 5.91 Å². The van der Waals surface area contributed by atoms with Crippen LogP contribution in [0.1, 0.15) is 0 Å². The standard InChI is InChI=1S/C14H20N2O4/c1-18-7-8-19-12-4-2-3-11(9-12)16-14(17)13-10-15-5-6-20-13/h2-4,9,13,15H,5-8,10H2,1H3,(H,16,17). The van der Waals surface area contributed by atoms with Gasteiger partial charge in [0.05, 0.1) is 13.2 Å². The molecule has 6 heteroatoms. The van der Waals surface area contributed by atoms with E-state index in [9.17, 15) is 4.79 Å². The van der Waals surface area contributed by atoms with Gasteiger partial charge < -0.3 is 24.8 Å². The first-order valence-corrected chi connectivity index (χ1v) is 6.64. The highest BCUT2D eigenvalue weighted by Gasteiger charge is 2.21. The Morgan fingerprint density at radius 1 is 1.50 bits per heavy atom. The maximum Gasteiger partial charge on any atom is 0.254 e. The Morgan fingerprint density at radius 3 is 3.15 bits per heavy atom. The molecule has 2 N–H and O–H groups in total. The van der Waals surface area contributed by atoms with E-state index in [-0.39, 0.29) is 5.91 Å². The molecule has 1 unspecified atom stereocenters. The van der Waals surface area contributed by atoms with E-state index in [2.05, 4.69) is 10.6 Å². The predicted octanol–water partition coefficient (Wildman–Crippen LogP) is 0.639. The van der Waals surface area contributed by atoms with Gasteiger partial charge in [0, 0.05) is 32.0 Å². The molecule has 20 heavy (non-hydrogen) atoms. The molecule has 2 rings (SSSR count). The quantitative estimate of drug-likeness (QED) is 0.748. The van der Waals surface area contributed by atoms with Crippen LogP contribution in [-0.4, -0.2) is 52.0 Å². The monoisotopic (exact) mass is 280 g/mol. The number of anilines is 1. The molecule has 1 amide bonds. The lowest BCUT2D eigenvalue weighted by molar-refractivity contribution is -0.128. The zero-order chi connectivity index (χ0) is 14.2. The molecular formula is C14H20N2O4. The second-order valence-electron chi connectivity index (χ2n) is 4.42. The maximum absolute atomic E-state index is 12.0. The van der Waals surface area contributed by atoms with Gasteiger partial charge in [-0.3, -0.25) is 4.79 Å². The van der Waals surface area contributed by atoms with Crippen molar-refractivity contribution in [2.24, 2.45) is 0 Å². The number of hydrogen-bond donors (Lipinski definition) is 2. The summed E-state index contributed by atoms with van der Waals surface area (Å²) in [5.41, 5.74) is 0.694. The highest BCUT2D eigenvalue weighted by atomic mass is 16.5.